The predicted molar refractivity (Wildman–Crippen MR) is 144 cm³/mol. The van der Waals surface area contributed by atoms with E-state index in [1.807, 2.05) is 0 Å². The molecule has 2 aromatic rings. The van der Waals surface area contributed by atoms with E-state index in [9.17, 15) is 40.5 Å². The first-order chi connectivity index (χ1) is 20.1. The van der Waals surface area contributed by atoms with Crippen LogP contribution >= 0.6 is 0 Å². The molecule has 2 saturated heterocycles. The number of phenolic OH excluding ortho intramolecular Hbond substituents is 2. The van der Waals surface area contributed by atoms with Crippen molar-refractivity contribution in [2.45, 2.75) is 74.8 Å². The van der Waals surface area contributed by atoms with Gasteiger partial charge in [0, 0.05) is 6.08 Å². The van der Waals surface area contributed by atoms with Crippen molar-refractivity contribution in [2.24, 2.45) is 0 Å². The zero-order chi connectivity index (χ0) is 30.4. The summed E-state index contributed by atoms with van der Waals surface area (Å²) >= 11 is 0. The third-order valence-electron chi connectivity index (χ3n) is 7.03. The van der Waals surface area contributed by atoms with Crippen LogP contribution in [-0.2, 0) is 34.9 Å². The summed E-state index contributed by atoms with van der Waals surface area (Å²) in [5.74, 6) is -0.758. The van der Waals surface area contributed by atoms with Gasteiger partial charge in [0.2, 0.25) is 0 Å². The van der Waals surface area contributed by atoms with Gasteiger partial charge in [0.05, 0.1) is 19.3 Å². The first-order valence-corrected chi connectivity index (χ1v) is 13.4. The van der Waals surface area contributed by atoms with Crippen molar-refractivity contribution in [1.82, 2.24) is 0 Å². The van der Waals surface area contributed by atoms with Crippen molar-refractivity contribution in [3.05, 3.63) is 65.7 Å². The number of ether oxygens (including phenoxy) is 5. The highest BCUT2D eigenvalue weighted by Crippen LogP contribution is 2.31. The highest BCUT2D eigenvalue weighted by atomic mass is 16.7. The van der Waals surface area contributed by atoms with Gasteiger partial charge in [-0.2, -0.15) is 0 Å². The van der Waals surface area contributed by atoms with E-state index < -0.39 is 74.0 Å². The van der Waals surface area contributed by atoms with Crippen LogP contribution in [0.2, 0.25) is 0 Å². The fraction of sp³-hybridized carbons (Fsp3) is 0.483. The maximum atomic E-state index is 12.8. The standard InChI is InChI=1S/C29H36O13/c1-15-22(34)23(35)24(36)29(39-15)42-27-25(37)28(38-12-11-17-3-2-4-19(32)13-17)40-20(14-30)26(27)41-21(33)10-7-16-5-8-18(31)9-6-16/h2-10,13,15,20,22-32,34-37H,11-12,14H2,1H3. The van der Waals surface area contributed by atoms with E-state index in [4.69, 9.17) is 23.7 Å². The SMILES string of the molecule is CC1OC(OC2C(O)C(OCCc3cccc(O)c3)OC(CO)C2OC(=O)C=Cc2ccc(O)cc2)C(O)C(O)C1O. The minimum absolute atomic E-state index is 0.0281. The number of hydrogen-bond donors (Lipinski definition) is 7. The zero-order valence-electron chi connectivity index (χ0n) is 22.7. The number of esters is 1. The molecule has 2 heterocycles. The van der Waals surface area contributed by atoms with Crippen LogP contribution in [0.3, 0.4) is 0 Å². The summed E-state index contributed by atoms with van der Waals surface area (Å²) in [5, 5.41) is 71.2. The van der Waals surface area contributed by atoms with Crippen LogP contribution in [0.5, 0.6) is 11.5 Å². The molecular formula is C29H36O13. The zero-order valence-corrected chi connectivity index (χ0v) is 22.7. The van der Waals surface area contributed by atoms with E-state index in [0.29, 0.717) is 12.0 Å². The van der Waals surface area contributed by atoms with Crippen molar-refractivity contribution in [3.63, 3.8) is 0 Å². The summed E-state index contributed by atoms with van der Waals surface area (Å²) in [6.07, 6.45) is -11.6. The smallest absolute Gasteiger partial charge is 0.331 e. The van der Waals surface area contributed by atoms with E-state index in [-0.39, 0.29) is 18.1 Å². The number of carbonyl (C=O) groups excluding carboxylic acids is 1. The molecule has 10 unspecified atom stereocenters. The monoisotopic (exact) mass is 592 g/mol. The van der Waals surface area contributed by atoms with Gasteiger partial charge in [0.1, 0.15) is 48.1 Å². The van der Waals surface area contributed by atoms with Crippen molar-refractivity contribution in [1.29, 1.82) is 0 Å². The minimum atomic E-state index is -1.73. The number of benzene rings is 2. The van der Waals surface area contributed by atoms with Crippen molar-refractivity contribution < 1.29 is 64.2 Å². The second kappa shape index (κ2) is 14.4. The first-order valence-electron chi connectivity index (χ1n) is 13.4. The van der Waals surface area contributed by atoms with Gasteiger partial charge in [-0.25, -0.2) is 4.79 Å². The van der Waals surface area contributed by atoms with E-state index in [2.05, 4.69) is 0 Å². The van der Waals surface area contributed by atoms with Crippen LogP contribution in [0, 0.1) is 0 Å². The van der Waals surface area contributed by atoms with Crippen LogP contribution in [-0.4, -0.2) is 116 Å². The van der Waals surface area contributed by atoms with Crippen LogP contribution in [0.1, 0.15) is 18.1 Å². The van der Waals surface area contributed by atoms with Gasteiger partial charge in [-0.05, 0) is 54.8 Å². The Morgan fingerprint density at radius 1 is 0.881 bits per heavy atom. The second-order valence-corrected chi connectivity index (χ2v) is 10.1. The number of rotatable bonds is 10. The molecule has 0 saturated carbocycles. The number of phenols is 2. The quantitative estimate of drug-likeness (QED) is 0.138. The molecule has 2 aliphatic heterocycles. The summed E-state index contributed by atoms with van der Waals surface area (Å²) in [5.41, 5.74) is 1.33. The molecule has 0 spiro atoms. The lowest BCUT2D eigenvalue weighted by atomic mass is 9.97. The average Bonchev–Trinajstić information content (AvgIpc) is 2.97. The molecule has 10 atom stereocenters. The molecule has 0 amide bonds. The lowest BCUT2D eigenvalue weighted by molar-refractivity contribution is -0.357. The maximum absolute atomic E-state index is 12.8. The highest BCUT2D eigenvalue weighted by Gasteiger charge is 2.52. The van der Waals surface area contributed by atoms with Crippen LogP contribution in [0.4, 0.5) is 0 Å². The van der Waals surface area contributed by atoms with Crippen LogP contribution < -0.4 is 0 Å². The summed E-state index contributed by atoms with van der Waals surface area (Å²) in [6.45, 7) is 0.802. The molecule has 0 radical (unpaired) electrons. The lowest BCUT2D eigenvalue weighted by Crippen LogP contribution is -2.65. The number of carbonyl (C=O) groups is 1. The van der Waals surface area contributed by atoms with Gasteiger partial charge in [0.25, 0.3) is 0 Å². The number of aliphatic hydroxyl groups is 5. The Morgan fingerprint density at radius 3 is 2.31 bits per heavy atom. The fourth-order valence-corrected chi connectivity index (χ4v) is 4.69. The topological polar surface area (TPSA) is 205 Å². The Morgan fingerprint density at radius 2 is 1.62 bits per heavy atom. The van der Waals surface area contributed by atoms with Crippen molar-refractivity contribution in [2.75, 3.05) is 13.2 Å². The van der Waals surface area contributed by atoms with Gasteiger partial charge >= 0.3 is 5.97 Å². The van der Waals surface area contributed by atoms with Gasteiger partial charge in [-0.1, -0.05) is 24.3 Å². The molecule has 4 rings (SSSR count). The molecule has 0 aromatic heterocycles. The Labute approximate surface area is 241 Å². The predicted octanol–water partition coefficient (Wildman–Crippen LogP) is -0.427. The largest absolute Gasteiger partial charge is 0.508 e. The summed E-state index contributed by atoms with van der Waals surface area (Å²) < 4.78 is 28.4. The Kier molecular flexibility index (Phi) is 10.9. The molecule has 0 aliphatic carbocycles. The Hall–Kier alpha value is -3.11. The van der Waals surface area contributed by atoms with E-state index >= 15 is 0 Å². The molecule has 13 nitrogen and oxygen atoms in total. The van der Waals surface area contributed by atoms with E-state index in [1.54, 1.807) is 30.3 Å². The Bertz CT molecular complexity index is 1190. The van der Waals surface area contributed by atoms with Gasteiger partial charge in [-0.15, -0.1) is 0 Å². The molecule has 2 aliphatic rings. The summed E-state index contributed by atoms with van der Waals surface area (Å²) in [7, 11) is 0. The minimum Gasteiger partial charge on any atom is -0.508 e. The van der Waals surface area contributed by atoms with E-state index in [1.165, 1.54) is 31.2 Å². The molecule has 13 heteroatoms. The van der Waals surface area contributed by atoms with Crippen LogP contribution in [0.25, 0.3) is 6.08 Å². The normalized spacial score (nSPS) is 33.5. The lowest BCUT2D eigenvalue weighted by Gasteiger charge is -2.46. The number of hydrogen-bond acceptors (Lipinski definition) is 13. The van der Waals surface area contributed by atoms with Gasteiger partial charge in [0.15, 0.2) is 18.7 Å². The molecule has 230 valence electrons. The molecular weight excluding hydrogens is 556 g/mol. The summed E-state index contributed by atoms with van der Waals surface area (Å²) in [4.78, 5) is 12.8. The van der Waals surface area contributed by atoms with Gasteiger partial charge in [-0.3, -0.25) is 0 Å². The molecule has 7 N–H and O–H groups in total. The van der Waals surface area contributed by atoms with E-state index in [0.717, 1.165) is 11.6 Å². The Balaban J connectivity index is 1.51. The highest BCUT2D eigenvalue weighted by molar-refractivity contribution is 5.87. The second-order valence-electron chi connectivity index (χ2n) is 10.1. The fourth-order valence-electron chi connectivity index (χ4n) is 4.69. The van der Waals surface area contributed by atoms with Crippen molar-refractivity contribution >= 4 is 12.0 Å². The molecule has 2 aromatic carbocycles. The third kappa shape index (κ3) is 7.83. The first kappa shape index (κ1) is 31.8. The third-order valence-corrected chi connectivity index (χ3v) is 7.03. The molecule has 42 heavy (non-hydrogen) atoms. The van der Waals surface area contributed by atoms with Gasteiger partial charge < -0.3 is 59.4 Å². The van der Waals surface area contributed by atoms with Crippen molar-refractivity contribution in [3.8, 4) is 11.5 Å². The molecule has 0 bridgehead atoms. The molecule has 2 fully saturated rings. The maximum Gasteiger partial charge on any atom is 0.331 e. The van der Waals surface area contributed by atoms with Crippen LogP contribution in [0.15, 0.2) is 54.6 Å². The number of aromatic hydroxyl groups is 2. The average molecular weight is 593 g/mol. The number of aliphatic hydroxyl groups excluding tert-OH is 5. The summed E-state index contributed by atoms with van der Waals surface area (Å²) in [6, 6.07) is 12.5.